The molecule has 1 unspecified atom stereocenters. The Balaban J connectivity index is 1.54. The first-order valence-corrected chi connectivity index (χ1v) is 9.74. The first-order chi connectivity index (χ1) is 13.1. The quantitative estimate of drug-likeness (QED) is 0.755. The molecule has 1 aliphatic heterocycles. The highest BCUT2D eigenvalue weighted by atomic mass is 16.2. The Morgan fingerprint density at radius 1 is 1.30 bits per heavy atom. The van der Waals surface area contributed by atoms with Crippen LogP contribution < -0.4 is 5.32 Å². The van der Waals surface area contributed by atoms with E-state index in [0.717, 1.165) is 59.6 Å². The molecular weight excluding hydrogens is 338 g/mol. The van der Waals surface area contributed by atoms with Crippen molar-refractivity contribution in [2.75, 3.05) is 26.7 Å². The van der Waals surface area contributed by atoms with Crippen LogP contribution in [-0.2, 0) is 11.2 Å². The lowest BCUT2D eigenvalue weighted by Gasteiger charge is -2.17. The van der Waals surface area contributed by atoms with Gasteiger partial charge in [-0.25, -0.2) is 9.50 Å². The smallest absolute Gasteiger partial charge is 0.222 e. The number of aromatic nitrogens is 3. The largest absolute Gasteiger partial charge is 0.342 e. The average molecular weight is 365 g/mol. The molecule has 0 aliphatic carbocycles. The van der Waals surface area contributed by atoms with E-state index in [1.165, 1.54) is 0 Å². The van der Waals surface area contributed by atoms with Crippen molar-refractivity contribution in [2.24, 2.45) is 5.92 Å². The standard InChI is InChI=1S/C21H27N5O/c1-14-17(8-9-20(27)25-11-10-16(13-25)12-22-3)15(2)26-21(23-14)18-6-4-5-7-19(18)24-26/h4-7,16,22H,8-13H2,1-3H3. The summed E-state index contributed by atoms with van der Waals surface area (Å²) in [6.07, 6.45) is 2.34. The van der Waals surface area contributed by atoms with Gasteiger partial charge in [-0.1, -0.05) is 12.1 Å². The maximum atomic E-state index is 12.7. The molecule has 1 saturated heterocycles. The minimum Gasteiger partial charge on any atom is -0.342 e. The second-order valence-electron chi connectivity index (χ2n) is 7.57. The van der Waals surface area contributed by atoms with E-state index in [2.05, 4.69) is 18.3 Å². The monoisotopic (exact) mass is 365 g/mol. The molecule has 1 amide bonds. The van der Waals surface area contributed by atoms with Gasteiger partial charge in [0.2, 0.25) is 5.91 Å². The molecule has 1 aromatic carbocycles. The van der Waals surface area contributed by atoms with Gasteiger partial charge in [-0.2, -0.15) is 5.10 Å². The summed E-state index contributed by atoms with van der Waals surface area (Å²) in [5.41, 5.74) is 5.05. The molecule has 1 atom stereocenters. The Kier molecular flexibility index (Phi) is 4.83. The first-order valence-electron chi connectivity index (χ1n) is 9.74. The molecule has 27 heavy (non-hydrogen) atoms. The lowest BCUT2D eigenvalue weighted by atomic mass is 10.1. The van der Waals surface area contributed by atoms with Crippen LogP contribution in [0.15, 0.2) is 24.3 Å². The summed E-state index contributed by atoms with van der Waals surface area (Å²) in [7, 11) is 1.97. The molecule has 6 heteroatoms. The zero-order valence-electron chi connectivity index (χ0n) is 16.3. The van der Waals surface area contributed by atoms with E-state index >= 15 is 0 Å². The van der Waals surface area contributed by atoms with E-state index in [0.29, 0.717) is 18.8 Å². The predicted molar refractivity (Wildman–Crippen MR) is 107 cm³/mol. The summed E-state index contributed by atoms with van der Waals surface area (Å²) in [5.74, 6) is 0.829. The fraction of sp³-hybridized carbons (Fsp3) is 0.476. The molecule has 0 bridgehead atoms. The van der Waals surface area contributed by atoms with Crippen LogP contribution in [0.5, 0.6) is 0 Å². The molecule has 2 aromatic heterocycles. The highest BCUT2D eigenvalue weighted by Gasteiger charge is 2.25. The normalized spacial score (nSPS) is 17.3. The number of nitrogens with one attached hydrogen (secondary N) is 1. The van der Waals surface area contributed by atoms with E-state index in [-0.39, 0.29) is 5.91 Å². The van der Waals surface area contributed by atoms with Crippen LogP contribution in [0.3, 0.4) is 0 Å². The van der Waals surface area contributed by atoms with Crippen molar-refractivity contribution in [3.8, 4) is 0 Å². The summed E-state index contributed by atoms with van der Waals surface area (Å²) in [6.45, 7) is 6.85. The van der Waals surface area contributed by atoms with Crippen LogP contribution in [-0.4, -0.2) is 52.1 Å². The third-order valence-electron chi connectivity index (χ3n) is 5.74. The molecule has 1 fully saturated rings. The summed E-state index contributed by atoms with van der Waals surface area (Å²) in [5, 5.41) is 8.99. The molecule has 0 radical (unpaired) electrons. The predicted octanol–water partition coefficient (Wildman–Crippen LogP) is 2.50. The van der Waals surface area contributed by atoms with Crippen molar-refractivity contribution in [3.05, 3.63) is 41.2 Å². The molecule has 0 saturated carbocycles. The van der Waals surface area contributed by atoms with Crippen molar-refractivity contribution >= 4 is 22.5 Å². The number of carbonyl (C=O) groups excluding carboxylic acids is 1. The van der Waals surface area contributed by atoms with Crippen LogP contribution in [0.1, 0.15) is 29.8 Å². The van der Waals surface area contributed by atoms with E-state index in [9.17, 15) is 4.79 Å². The fourth-order valence-electron chi connectivity index (χ4n) is 4.24. The number of likely N-dealkylation sites (tertiary alicyclic amines) is 1. The van der Waals surface area contributed by atoms with Crippen LogP contribution in [0.2, 0.25) is 0 Å². The van der Waals surface area contributed by atoms with Gasteiger partial charge in [0.25, 0.3) is 0 Å². The Morgan fingerprint density at radius 3 is 2.93 bits per heavy atom. The van der Waals surface area contributed by atoms with E-state index in [4.69, 9.17) is 10.1 Å². The number of hydrogen-bond donors (Lipinski definition) is 1. The molecule has 6 nitrogen and oxygen atoms in total. The molecule has 3 aromatic rings. The van der Waals surface area contributed by atoms with Crippen molar-refractivity contribution in [1.29, 1.82) is 0 Å². The van der Waals surface area contributed by atoms with Gasteiger partial charge in [-0.05, 0) is 63.9 Å². The van der Waals surface area contributed by atoms with E-state index in [1.807, 2.05) is 41.6 Å². The maximum Gasteiger partial charge on any atom is 0.222 e. The minimum absolute atomic E-state index is 0.248. The second-order valence-corrected chi connectivity index (χ2v) is 7.57. The van der Waals surface area contributed by atoms with Gasteiger partial charge >= 0.3 is 0 Å². The first kappa shape index (κ1) is 17.9. The Morgan fingerprint density at radius 2 is 2.11 bits per heavy atom. The highest BCUT2D eigenvalue weighted by Crippen LogP contribution is 2.23. The molecular formula is C21H27N5O. The second kappa shape index (κ2) is 7.27. The summed E-state index contributed by atoms with van der Waals surface area (Å²) in [4.78, 5) is 19.5. The Labute approximate surface area is 159 Å². The fourth-order valence-corrected chi connectivity index (χ4v) is 4.24. The van der Waals surface area contributed by atoms with Crippen molar-refractivity contribution in [3.63, 3.8) is 0 Å². The van der Waals surface area contributed by atoms with Crippen molar-refractivity contribution < 1.29 is 4.79 Å². The topological polar surface area (TPSA) is 62.5 Å². The van der Waals surface area contributed by atoms with Gasteiger partial charge in [0.15, 0.2) is 5.65 Å². The highest BCUT2D eigenvalue weighted by molar-refractivity contribution is 5.92. The number of carbonyl (C=O) groups is 1. The van der Waals surface area contributed by atoms with Gasteiger partial charge in [-0.15, -0.1) is 0 Å². The van der Waals surface area contributed by atoms with Crippen molar-refractivity contribution in [2.45, 2.75) is 33.1 Å². The zero-order valence-corrected chi connectivity index (χ0v) is 16.3. The SMILES string of the molecule is CNCC1CCN(C(=O)CCc2c(C)nc3c4ccccc4nn3c2C)C1. The van der Waals surface area contributed by atoms with Crippen LogP contribution >= 0.6 is 0 Å². The molecule has 1 N–H and O–H groups in total. The summed E-state index contributed by atoms with van der Waals surface area (Å²) >= 11 is 0. The van der Waals surface area contributed by atoms with Crippen LogP contribution in [0.25, 0.3) is 16.6 Å². The minimum atomic E-state index is 0.248. The van der Waals surface area contributed by atoms with Gasteiger partial charge < -0.3 is 10.2 Å². The third-order valence-corrected chi connectivity index (χ3v) is 5.74. The number of rotatable bonds is 5. The van der Waals surface area contributed by atoms with Gasteiger partial charge in [0.05, 0.1) is 5.52 Å². The number of aryl methyl sites for hydroxylation is 2. The van der Waals surface area contributed by atoms with Crippen LogP contribution in [0.4, 0.5) is 0 Å². The number of benzene rings is 1. The van der Waals surface area contributed by atoms with Crippen molar-refractivity contribution in [1.82, 2.24) is 24.8 Å². The molecule has 4 rings (SSSR count). The Bertz CT molecular complexity index is 993. The molecule has 0 spiro atoms. The lowest BCUT2D eigenvalue weighted by Crippen LogP contribution is -2.30. The number of nitrogens with zero attached hydrogens (tertiary/aromatic N) is 4. The lowest BCUT2D eigenvalue weighted by molar-refractivity contribution is -0.130. The van der Waals surface area contributed by atoms with E-state index < -0.39 is 0 Å². The van der Waals surface area contributed by atoms with E-state index in [1.54, 1.807) is 0 Å². The van der Waals surface area contributed by atoms with Gasteiger partial charge in [0.1, 0.15) is 0 Å². The summed E-state index contributed by atoms with van der Waals surface area (Å²) in [6, 6.07) is 8.08. The Hall–Kier alpha value is -2.47. The van der Waals surface area contributed by atoms with Gasteiger partial charge in [0, 0.05) is 36.3 Å². The maximum absolute atomic E-state index is 12.7. The number of fused-ring (bicyclic) bond motifs is 3. The zero-order chi connectivity index (χ0) is 19.0. The third kappa shape index (κ3) is 3.30. The summed E-state index contributed by atoms with van der Waals surface area (Å²) < 4.78 is 1.93. The molecule has 142 valence electrons. The average Bonchev–Trinajstić information content (AvgIpc) is 3.27. The molecule has 1 aliphatic rings. The van der Waals surface area contributed by atoms with Gasteiger partial charge in [-0.3, -0.25) is 4.79 Å². The number of hydrogen-bond acceptors (Lipinski definition) is 4. The number of amides is 1. The molecule has 3 heterocycles. The van der Waals surface area contributed by atoms with Crippen LogP contribution in [0, 0.1) is 19.8 Å².